The van der Waals surface area contributed by atoms with Gasteiger partial charge in [-0.1, -0.05) is 60.5 Å². The zero-order valence-corrected chi connectivity index (χ0v) is 36.3. The largest absolute Gasteiger partial charge is 0.497 e. The van der Waals surface area contributed by atoms with Crippen molar-refractivity contribution in [3.8, 4) is 29.9 Å². The lowest BCUT2D eigenvalue weighted by atomic mass is 9.79. The molecule has 0 saturated carbocycles. The molecular weight excluding hydrogens is 801 g/mol. The van der Waals surface area contributed by atoms with E-state index in [-0.39, 0.29) is 50.4 Å². The number of morpholine rings is 1. The quantitative estimate of drug-likeness (QED) is 0.0518. The minimum atomic E-state index is -1.95. The zero-order chi connectivity index (χ0) is 43.9. The summed E-state index contributed by atoms with van der Waals surface area (Å²) in [5.74, 6) is 3.63. The molecule has 15 nitrogen and oxygen atoms in total. The summed E-state index contributed by atoms with van der Waals surface area (Å²) in [5, 5.41) is 9.48. The van der Waals surface area contributed by atoms with Crippen LogP contribution >= 0.6 is 8.53 Å². The summed E-state index contributed by atoms with van der Waals surface area (Å²) in [6, 6.07) is 25.7. The molecule has 61 heavy (non-hydrogen) atoms. The highest BCUT2D eigenvalue weighted by molar-refractivity contribution is 7.44. The number of ether oxygens (including phenoxy) is 5. The number of nitriles is 1. The van der Waals surface area contributed by atoms with E-state index < -0.39 is 55.4 Å². The molecular formula is C45H52N5O10P. The first-order valence-corrected chi connectivity index (χ1v) is 21.1. The maximum Gasteiger partial charge on any atom is 0.411 e. The molecule has 322 valence electrons. The van der Waals surface area contributed by atoms with Gasteiger partial charge in [0.05, 0.1) is 46.5 Å². The van der Waals surface area contributed by atoms with Crippen molar-refractivity contribution in [3.05, 3.63) is 128 Å². The van der Waals surface area contributed by atoms with E-state index >= 15 is 0 Å². The van der Waals surface area contributed by atoms with Crippen molar-refractivity contribution in [1.82, 2.24) is 19.1 Å². The average Bonchev–Trinajstić information content (AvgIpc) is 3.73. The number of nitrogens with zero attached hydrogens (tertiary/aromatic N) is 4. The number of aryl methyl sites for hydroxylation is 1. The van der Waals surface area contributed by atoms with E-state index in [4.69, 9.17) is 39.2 Å². The Morgan fingerprint density at radius 2 is 1.57 bits per heavy atom. The van der Waals surface area contributed by atoms with E-state index in [1.165, 1.54) is 15.7 Å². The molecule has 6 rings (SSSR count). The number of H-pyrrole nitrogens is 1. The van der Waals surface area contributed by atoms with Crippen molar-refractivity contribution in [3.63, 3.8) is 0 Å². The summed E-state index contributed by atoms with van der Waals surface area (Å²) in [6.45, 7) is 9.04. The monoisotopic (exact) mass is 853 g/mol. The second-order valence-corrected chi connectivity index (χ2v) is 16.7. The first-order valence-electron chi connectivity index (χ1n) is 19.9. The molecule has 4 aromatic rings. The Labute approximate surface area is 357 Å². The number of terminal acetylenes is 1. The number of likely N-dealkylation sites (tertiary alicyclic amines) is 1. The number of methoxy groups -OCH3 is 2. The third-order valence-electron chi connectivity index (χ3n) is 10.8. The Morgan fingerprint density at radius 3 is 2.11 bits per heavy atom. The van der Waals surface area contributed by atoms with E-state index in [0.717, 1.165) is 16.7 Å². The fraction of sp³-hybridized carbons (Fsp3) is 0.422. The minimum absolute atomic E-state index is 0.0713. The number of hydrogen-bond acceptors (Lipinski definition) is 12. The fourth-order valence-electron chi connectivity index (χ4n) is 8.06. The molecule has 5 atom stereocenters. The Bertz CT molecular complexity index is 2270. The van der Waals surface area contributed by atoms with E-state index in [1.54, 1.807) is 21.1 Å². The molecule has 1 aromatic heterocycles. The van der Waals surface area contributed by atoms with E-state index in [2.05, 4.69) is 21.6 Å². The number of amides is 1. The first-order chi connectivity index (χ1) is 29.3. The summed E-state index contributed by atoms with van der Waals surface area (Å²) < 4.78 is 48.0. The highest BCUT2D eigenvalue weighted by Gasteiger charge is 2.68. The van der Waals surface area contributed by atoms with Gasteiger partial charge in [-0.25, -0.2) is 14.3 Å². The number of carbonyl (C=O) groups excluding carboxylic acids is 1. The number of fused-ring (bicyclic) bond motifs is 2. The third-order valence-corrected chi connectivity index (χ3v) is 12.9. The van der Waals surface area contributed by atoms with E-state index in [0.29, 0.717) is 11.5 Å². The molecule has 2 aliphatic rings. The van der Waals surface area contributed by atoms with Gasteiger partial charge in [0.25, 0.3) is 14.1 Å². The molecule has 2 bridgehead atoms. The van der Waals surface area contributed by atoms with Gasteiger partial charge in [0.15, 0.2) is 12.8 Å². The second-order valence-electron chi connectivity index (χ2n) is 15.3. The number of aromatic amines is 1. The molecule has 16 heteroatoms. The lowest BCUT2D eigenvalue weighted by Crippen LogP contribution is -2.53. The lowest BCUT2D eigenvalue weighted by Gasteiger charge is -2.42. The summed E-state index contributed by atoms with van der Waals surface area (Å²) >= 11 is 0. The molecule has 0 radical (unpaired) electrons. The Morgan fingerprint density at radius 1 is 0.984 bits per heavy atom. The van der Waals surface area contributed by atoms with Crippen LogP contribution in [0.25, 0.3) is 0 Å². The van der Waals surface area contributed by atoms with Gasteiger partial charge in [0.1, 0.15) is 34.8 Å². The predicted octanol–water partition coefficient (Wildman–Crippen LogP) is 6.25. The molecule has 1 N–H and O–H groups in total. The van der Waals surface area contributed by atoms with E-state index in [9.17, 15) is 19.6 Å². The third kappa shape index (κ3) is 9.09. The van der Waals surface area contributed by atoms with Crippen LogP contribution in [0.2, 0.25) is 0 Å². The molecule has 3 aromatic carbocycles. The number of aromatic nitrogens is 2. The fourth-order valence-corrected chi connectivity index (χ4v) is 9.88. The Hall–Kier alpha value is -5.51. The normalized spacial score (nSPS) is 20.1. The predicted molar refractivity (Wildman–Crippen MR) is 228 cm³/mol. The van der Waals surface area contributed by atoms with Crippen molar-refractivity contribution in [2.45, 2.75) is 82.7 Å². The van der Waals surface area contributed by atoms with Gasteiger partial charge in [-0.15, -0.1) is 6.42 Å². The van der Waals surface area contributed by atoms with Crippen molar-refractivity contribution >= 4 is 14.6 Å². The maximum absolute atomic E-state index is 14.1. The van der Waals surface area contributed by atoms with Crippen LogP contribution in [0.15, 0.2) is 94.6 Å². The van der Waals surface area contributed by atoms with Gasteiger partial charge in [-0.2, -0.15) is 5.26 Å². The van der Waals surface area contributed by atoms with Crippen LogP contribution in [0.1, 0.15) is 62.6 Å². The van der Waals surface area contributed by atoms with Crippen LogP contribution in [-0.4, -0.2) is 95.6 Å². The molecule has 1 unspecified atom stereocenters. The smallest absolute Gasteiger partial charge is 0.411 e. The number of hydrogen-bond donors (Lipinski definition) is 1. The lowest BCUT2D eigenvalue weighted by molar-refractivity contribution is -0.174. The van der Waals surface area contributed by atoms with Gasteiger partial charge in [-0.05, 0) is 75.6 Å². The minimum Gasteiger partial charge on any atom is -0.497 e. The topological polar surface area (TPSA) is 167 Å². The van der Waals surface area contributed by atoms with Gasteiger partial charge < -0.3 is 32.7 Å². The highest BCUT2D eigenvalue weighted by atomic mass is 31.2. The summed E-state index contributed by atoms with van der Waals surface area (Å²) in [7, 11) is 1.24. The molecule has 3 heterocycles. The Balaban J connectivity index is 1.58. The number of carbonyl (C=O) groups is 1. The summed E-state index contributed by atoms with van der Waals surface area (Å²) in [5.41, 5.74) is -1.67. The van der Waals surface area contributed by atoms with Gasteiger partial charge >= 0.3 is 11.8 Å². The van der Waals surface area contributed by atoms with Crippen LogP contribution in [0.4, 0.5) is 4.79 Å². The second kappa shape index (κ2) is 19.5. The van der Waals surface area contributed by atoms with Gasteiger partial charge in [-0.3, -0.25) is 19.2 Å². The van der Waals surface area contributed by atoms with Crippen molar-refractivity contribution in [2.75, 3.05) is 40.6 Å². The molecule has 0 aliphatic carbocycles. The van der Waals surface area contributed by atoms with Crippen LogP contribution in [0.5, 0.6) is 11.5 Å². The summed E-state index contributed by atoms with van der Waals surface area (Å²) in [6.07, 6.45) is 4.02. The van der Waals surface area contributed by atoms with Crippen LogP contribution < -0.4 is 20.7 Å². The SMILES string of the molecule is C#CCOC(=O)N1C[C@]2(COC(c3ccccc3)(c3ccc(OC)cc3)c3ccc(OC)cc3)O[C@@H](n3cc(C)c(=O)[nH]c3=O)[C@H]1[C@@H]2OP(OCCC#N)N(C(C)C)C(C)C. The van der Waals surface area contributed by atoms with Crippen LogP contribution in [-0.2, 0) is 28.9 Å². The van der Waals surface area contributed by atoms with Crippen molar-refractivity contribution in [1.29, 1.82) is 5.26 Å². The molecule has 2 fully saturated rings. The molecule has 1 amide bonds. The molecule has 2 saturated heterocycles. The molecule has 2 aliphatic heterocycles. The number of nitrogens with one attached hydrogen (secondary N) is 1. The maximum atomic E-state index is 14.1. The number of rotatable bonds is 18. The average molecular weight is 854 g/mol. The first kappa shape index (κ1) is 45.0. The highest BCUT2D eigenvalue weighted by Crippen LogP contribution is 2.57. The zero-order valence-electron chi connectivity index (χ0n) is 35.4. The number of benzene rings is 3. The van der Waals surface area contributed by atoms with Crippen LogP contribution in [0.3, 0.4) is 0 Å². The van der Waals surface area contributed by atoms with E-state index in [1.807, 2.05) is 107 Å². The summed E-state index contributed by atoms with van der Waals surface area (Å²) in [4.78, 5) is 44.3. The Kier molecular flexibility index (Phi) is 14.4. The standard InChI is InChI=1S/C45H52N5O10P/c1-9-25-56-43(53)49-28-44(29-57-45(33-14-11-10-12-15-33,34-16-20-36(54-7)21-17-34)35-18-22-37(55-8)23-19-35)39(60-61(58-26-13-24-46)50(30(2)3)31(4)5)38(49)41(59-44)48-27-32(6)40(51)47-42(48)52/h1,10-12,14-23,27,30-31,38-39,41H,13,25-26,28-29H2,2-8H3,(H,47,51,52)/t38-,39+,41-,44-,61?/m1/s1. The van der Waals surface area contributed by atoms with Gasteiger partial charge in [0.2, 0.25) is 0 Å². The van der Waals surface area contributed by atoms with Crippen molar-refractivity contribution in [2.24, 2.45) is 0 Å². The molecule has 0 spiro atoms. The van der Waals surface area contributed by atoms with Crippen LogP contribution in [0, 0.1) is 30.6 Å². The van der Waals surface area contributed by atoms with Gasteiger partial charge in [0, 0.05) is 23.8 Å². The van der Waals surface area contributed by atoms with Crippen molar-refractivity contribution < 1.29 is 37.5 Å².